The number of Topliss-reactive ketones (excluding diaryl/α,β-unsaturated/α-hetero) is 1. The summed E-state index contributed by atoms with van der Waals surface area (Å²) in [6.07, 6.45) is -4.48. The van der Waals surface area contributed by atoms with E-state index >= 15 is 0 Å². The van der Waals surface area contributed by atoms with E-state index in [1.54, 1.807) is 0 Å². The van der Waals surface area contributed by atoms with Crippen molar-refractivity contribution in [2.45, 2.75) is 13.1 Å². The van der Waals surface area contributed by atoms with Crippen LogP contribution in [0.15, 0.2) is 36.4 Å². The second-order valence-electron chi connectivity index (χ2n) is 4.93. The molecule has 0 aliphatic carbocycles. The van der Waals surface area contributed by atoms with Crippen molar-refractivity contribution in [2.75, 3.05) is 5.32 Å². The quantitative estimate of drug-likeness (QED) is 0.794. The lowest BCUT2D eigenvalue weighted by Gasteiger charge is -2.11. The molecule has 0 spiro atoms. The Labute approximate surface area is 139 Å². The first-order valence-electron chi connectivity index (χ1n) is 6.61. The number of ketones is 1. The number of carbonyl (C=O) groups is 2. The molecule has 2 rings (SSSR count). The number of alkyl halides is 3. The van der Waals surface area contributed by atoms with E-state index in [-0.39, 0.29) is 21.8 Å². The van der Waals surface area contributed by atoms with Gasteiger partial charge in [-0.1, -0.05) is 11.6 Å². The van der Waals surface area contributed by atoms with Gasteiger partial charge in [0.1, 0.15) is 5.75 Å². The van der Waals surface area contributed by atoms with Crippen LogP contribution in [-0.4, -0.2) is 16.8 Å². The second-order valence-corrected chi connectivity index (χ2v) is 5.37. The highest BCUT2D eigenvalue weighted by atomic mass is 35.5. The lowest BCUT2D eigenvalue weighted by molar-refractivity contribution is -0.137. The minimum absolute atomic E-state index is 0.0653. The molecule has 1 amide bonds. The first-order chi connectivity index (χ1) is 11.1. The SMILES string of the molecule is CC(=O)c1cc(Cl)cc(C(=O)Nc2ccc(C(F)(F)F)cc2)c1O. The molecule has 0 saturated carbocycles. The Morgan fingerprint density at radius 2 is 1.62 bits per heavy atom. The number of phenolic OH excluding ortho intramolecular Hbond substituents is 1. The van der Waals surface area contributed by atoms with E-state index in [1.165, 1.54) is 13.0 Å². The van der Waals surface area contributed by atoms with Gasteiger partial charge in [-0.3, -0.25) is 9.59 Å². The van der Waals surface area contributed by atoms with Gasteiger partial charge < -0.3 is 10.4 Å². The maximum absolute atomic E-state index is 12.5. The number of anilines is 1. The molecule has 4 nitrogen and oxygen atoms in total. The largest absolute Gasteiger partial charge is 0.506 e. The van der Waals surface area contributed by atoms with E-state index in [4.69, 9.17) is 11.6 Å². The summed E-state index contributed by atoms with van der Waals surface area (Å²) in [5.74, 6) is -1.84. The molecule has 0 unspecified atom stereocenters. The maximum atomic E-state index is 12.5. The summed E-state index contributed by atoms with van der Waals surface area (Å²) in [7, 11) is 0. The van der Waals surface area contributed by atoms with Crippen molar-refractivity contribution < 1.29 is 27.9 Å². The van der Waals surface area contributed by atoms with Crippen molar-refractivity contribution in [3.63, 3.8) is 0 Å². The number of amides is 1. The fourth-order valence-electron chi connectivity index (χ4n) is 1.98. The summed E-state index contributed by atoms with van der Waals surface area (Å²) in [5, 5.41) is 12.4. The Morgan fingerprint density at radius 3 is 2.12 bits per heavy atom. The minimum Gasteiger partial charge on any atom is -0.506 e. The van der Waals surface area contributed by atoms with Gasteiger partial charge in [0.05, 0.1) is 16.7 Å². The van der Waals surface area contributed by atoms with Gasteiger partial charge in [-0.2, -0.15) is 13.2 Å². The third-order valence-electron chi connectivity index (χ3n) is 3.17. The average molecular weight is 358 g/mol. The first-order valence-corrected chi connectivity index (χ1v) is 6.99. The summed E-state index contributed by atoms with van der Waals surface area (Å²) < 4.78 is 37.5. The normalized spacial score (nSPS) is 11.2. The smallest absolute Gasteiger partial charge is 0.416 e. The molecule has 2 aromatic carbocycles. The van der Waals surface area contributed by atoms with E-state index in [9.17, 15) is 27.9 Å². The van der Waals surface area contributed by atoms with Crippen LogP contribution in [0.25, 0.3) is 0 Å². The van der Waals surface area contributed by atoms with Gasteiger partial charge in [-0.15, -0.1) is 0 Å². The fourth-order valence-corrected chi connectivity index (χ4v) is 2.20. The van der Waals surface area contributed by atoms with Crippen LogP contribution >= 0.6 is 11.6 Å². The third kappa shape index (κ3) is 3.86. The van der Waals surface area contributed by atoms with Gasteiger partial charge in [0.15, 0.2) is 5.78 Å². The number of hydrogen-bond acceptors (Lipinski definition) is 3. The zero-order valence-corrected chi connectivity index (χ0v) is 13.0. The average Bonchev–Trinajstić information content (AvgIpc) is 2.48. The number of rotatable bonds is 3. The Hall–Kier alpha value is -2.54. The third-order valence-corrected chi connectivity index (χ3v) is 3.39. The van der Waals surface area contributed by atoms with Crippen molar-refractivity contribution in [1.82, 2.24) is 0 Å². The molecule has 0 aliphatic rings. The Morgan fingerprint density at radius 1 is 1.08 bits per heavy atom. The van der Waals surface area contributed by atoms with Gasteiger partial charge >= 0.3 is 6.18 Å². The highest BCUT2D eigenvalue weighted by Crippen LogP contribution is 2.31. The van der Waals surface area contributed by atoms with Crippen LogP contribution < -0.4 is 5.32 Å². The van der Waals surface area contributed by atoms with Gasteiger partial charge in [0.2, 0.25) is 0 Å². The van der Waals surface area contributed by atoms with Crippen LogP contribution in [-0.2, 0) is 6.18 Å². The molecule has 0 aliphatic heterocycles. The van der Waals surface area contributed by atoms with E-state index in [1.807, 2.05) is 0 Å². The van der Waals surface area contributed by atoms with Crippen LogP contribution in [0.2, 0.25) is 5.02 Å². The molecule has 0 saturated heterocycles. The summed E-state index contributed by atoms with van der Waals surface area (Å²) in [4.78, 5) is 23.6. The van der Waals surface area contributed by atoms with E-state index in [0.29, 0.717) is 0 Å². The van der Waals surface area contributed by atoms with Crippen LogP contribution in [0, 0.1) is 0 Å². The molecular weight excluding hydrogens is 347 g/mol. The summed E-state index contributed by atoms with van der Waals surface area (Å²) in [5.41, 5.74) is -1.14. The predicted octanol–water partition coefficient (Wildman–Crippen LogP) is 4.52. The molecule has 0 radical (unpaired) electrons. The molecule has 0 fully saturated rings. The van der Waals surface area contributed by atoms with E-state index in [2.05, 4.69) is 5.32 Å². The highest BCUT2D eigenvalue weighted by molar-refractivity contribution is 6.31. The fraction of sp³-hybridized carbons (Fsp3) is 0.125. The van der Waals surface area contributed by atoms with Gasteiger partial charge in [0.25, 0.3) is 5.91 Å². The molecule has 126 valence electrons. The van der Waals surface area contributed by atoms with Gasteiger partial charge in [0, 0.05) is 10.7 Å². The molecule has 8 heteroatoms. The zero-order valence-electron chi connectivity index (χ0n) is 12.2. The molecule has 2 N–H and O–H groups in total. The van der Waals surface area contributed by atoms with Crippen molar-refractivity contribution in [3.05, 3.63) is 58.1 Å². The maximum Gasteiger partial charge on any atom is 0.416 e. The van der Waals surface area contributed by atoms with Crippen LogP contribution in [0.4, 0.5) is 18.9 Å². The van der Waals surface area contributed by atoms with Crippen molar-refractivity contribution in [3.8, 4) is 5.75 Å². The summed E-state index contributed by atoms with van der Waals surface area (Å²) in [6.45, 7) is 1.20. The Bertz CT molecular complexity index is 801. The molecule has 2 aromatic rings. The number of nitrogens with one attached hydrogen (secondary N) is 1. The predicted molar refractivity (Wildman–Crippen MR) is 82.5 cm³/mol. The second kappa shape index (κ2) is 6.52. The summed E-state index contributed by atoms with van der Waals surface area (Å²) >= 11 is 5.82. The number of benzene rings is 2. The van der Waals surface area contributed by atoms with Gasteiger partial charge in [-0.05, 0) is 43.3 Å². The first kappa shape index (κ1) is 17.8. The monoisotopic (exact) mass is 357 g/mol. The summed E-state index contributed by atoms with van der Waals surface area (Å²) in [6, 6.07) is 6.15. The minimum atomic E-state index is -4.48. The van der Waals surface area contributed by atoms with E-state index in [0.717, 1.165) is 30.3 Å². The van der Waals surface area contributed by atoms with Gasteiger partial charge in [-0.25, -0.2) is 0 Å². The lowest BCUT2D eigenvalue weighted by Crippen LogP contribution is -2.14. The Balaban J connectivity index is 2.29. The standard InChI is InChI=1S/C16H11ClF3NO3/c1-8(22)12-6-10(17)7-13(14(12)23)15(24)21-11-4-2-9(3-5-11)16(18,19)20/h2-7,23H,1H3,(H,21,24). The highest BCUT2D eigenvalue weighted by Gasteiger charge is 2.30. The van der Waals surface area contributed by atoms with Crippen LogP contribution in [0.1, 0.15) is 33.2 Å². The Kier molecular flexibility index (Phi) is 4.84. The molecule has 0 aromatic heterocycles. The number of phenols is 1. The van der Waals surface area contributed by atoms with Crippen molar-refractivity contribution in [1.29, 1.82) is 0 Å². The molecular formula is C16H11ClF3NO3. The number of hydrogen-bond donors (Lipinski definition) is 2. The zero-order chi connectivity index (χ0) is 18.1. The van der Waals surface area contributed by atoms with E-state index < -0.39 is 29.2 Å². The number of aromatic hydroxyl groups is 1. The molecule has 0 heterocycles. The topological polar surface area (TPSA) is 66.4 Å². The number of halogens is 4. The lowest BCUT2D eigenvalue weighted by atomic mass is 10.1. The molecule has 0 bridgehead atoms. The van der Waals surface area contributed by atoms with Crippen molar-refractivity contribution in [2.24, 2.45) is 0 Å². The molecule has 0 atom stereocenters. The van der Waals surface area contributed by atoms with Crippen LogP contribution in [0.5, 0.6) is 5.75 Å². The molecule has 24 heavy (non-hydrogen) atoms. The van der Waals surface area contributed by atoms with Crippen LogP contribution in [0.3, 0.4) is 0 Å². The van der Waals surface area contributed by atoms with Crippen molar-refractivity contribution >= 4 is 29.0 Å². The number of carbonyl (C=O) groups excluding carboxylic acids is 2.